The van der Waals surface area contributed by atoms with E-state index in [0.29, 0.717) is 6.42 Å². The molecule has 4 heteroatoms. The van der Waals surface area contributed by atoms with Gasteiger partial charge in [0.05, 0.1) is 11.5 Å². The van der Waals surface area contributed by atoms with Crippen LogP contribution in [0.3, 0.4) is 0 Å². The third-order valence-corrected chi connectivity index (χ3v) is 2.49. The van der Waals surface area contributed by atoms with Gasteiger partial charge in [0, 0.05) is 18.3 Å². The molecule has 0 bridgehead atoms. The molecule has 0 N–H and O–H groups in total. The van der Waals surface area contributed by atoms with Gasteiger partial charge >= 0.3 is 0 Å². The lowest BCUT2D eigenvalue weighted by Gasteiger charge is -2.18. The Bertz CT molecular complexity index is 359. The number of hydrogen-bond acceptors (Lipinski definition) is 3. The first-order chi connectivity index (χ1) is 6.59. The molecule has 0 aliphatic heterocycles. The van der Waals surface area contributed by atoms with Crippen molar-refractivity contribution in [3.8, 4) is 6.07 Å². The minimum atomic E-state index is -0.363. The van der Waals surface area contributed by atoms with E-state index in [1.165, 1.54) is 0 Å². The van der Waals surface area contributed by atoms with E-state index >= 15 is 0 Å². The van der Waals surface area contributed by atoms with Crippen LogP contribution in [0.4, 0.5) is 0 Å². The van der Waals surface area contributed by atoms with E-state index in [9.17, 15) is 0 Å². The molecule has 0 amide bonds. The van der Waals surface area contributed by atoms with Gasteiger partial charge in [-0.2, -0.15) is 5.26 Å². The SMILES string of the molecule is CCC(C)(C#N)Cc1ccnc(Cl)n1. The van der Waals surface area contributed by atoms with Crippen molar-refractivity contribution in [1.82, 2.24) is 9.97 Å². The summed E-state index contributed by atoms with van der Waals surface area (Å²) in [6.45, 7) is 3.91. The third-order valence-electron chi connectivity index (χ3n) is 2.31. The van der Waals surface area contributed by atoms with Gasteiger partial charge in [0.25, 0.3) is 0 Å². The van der Waals surface area contributed by atoms with Crippen LogP contribution < -0.4 is 0 Å². The molecule has 1 aromatic rings. The molecule has 14 heavy (non-hydrogen) atoms. The van der Waals surface area contributed by atoms with Crippen LogP contribution in [0.15, 0.2) is 12.3 Å². The summed E-state index contributed by atoms with van der Waals surface area (Å²) < 4.78 is 0. The Morgan fingerprint density at radius 2 is 2.36 bits per heavy atom. The van der Waals surface area contributed by atoms with Crippen molar-refractivity contribution in [1.29, 1.82) is 5.26 Å². The summed E-state index contributed by atoms with van der Waals surface area (Å²) in [5, 5.41) is 9.22. The highest BCUT2D eigenvalue weighted by Gasteiger charge is 2.22. The lowest BCUT2D eigenvalue weighted by Crippen LogP contribution is -2.16. The first-order valence-corrected chi connectivity index (χ1v) is 4.86. The normalized spacial score (nSPS) is 14.4. The average Bonchev–Trinajstić information content (AvgIpc) is 2.18. The topological polar surface area (TPSA) is 49.6 Å². The Balaban J connectivity index is 2.84. The zero-order valence-corrected chi connectivity index (χ0v) is 9.04. The summed E-state index contributed by atoms with van der Waals surface area (Å²) in [6, 6.07) is 4.08. The molecule has 0 aliphatic rings. The number of nitriles is 1. The highest BCUT2D eigenvalue weighted by Crippen LogP contribution is 2.24. The molecule has 0 aliphatic carbocycles. The molecule has 1 heterocycles. The van der Waals surface area contributed by atoms with E-state index in [-0.39, 0.29) is 10.7 Å². The summed E-state index contributed by atoms with van der Waals surface area (Å²) in [7, 11) is 0. The van der Waals surface area contributed by atoms with E-state index < -0.39 is 0 Å². The van der Waals surface area contributed by atoms with Crippen LogP contribution in [0.25, 0.3) is 0 Å². The average molecular weight is 210 g/mol. The maximum atomic E-state index is 8.99. The minimum Gasteiger partial charge on any atom is -0.227 e. The fraction of sp³-hybridized carbons (Fsp3) is 0.500. The fourth-order valence-corrected chi connectivity index (χ4v) is 1.28. The van der Waals surface area contributed by atoms with Crippen molar-refractivity contribution in [2.24, 2.45) is 5.41 Å². The van der Waals surface area contributed by atoms with Gasteiger partial charge in [0.1, 0.15) is 0 Å². The maximum Gasteiger partial charge on any atom is 0.222 e. The molecule has 0 saturated heterocycles. The van der Waals surface area contributed by atoms with Gasteiger partial charge in [-0.15, -0.1) is 0 Å². The summed E-state index contributed by atoms with van der Waals surface area (Å²) in [4.78, 5) is 7.85. The van der Waals surface area contributed by atoms with Crippen LogP contribution in [0.5, 0.6) is 0 Å². The van der Waals surface area contributed by atoms with Gasteiger partial charge in [-0.1, -0.05) is 6.92 Å². The Morgan fingerprint density at radius 1 is 1.64 bits per heavy atom. The predicted octanol–water partition coefficient (Wildman–Crippen LogP) is 2.61. The predicted molar refractivity (Wildman–Crippen MR) is 54.8 cm³/mol. The van der Waals surface area contributed by atoms with E-state index in [1.807, 2.05) is 13.8 Å². The number of nitrogens with zero attached hydrogens (tertiary/aromatic N) is 3. The standard InChI is InChI=1S/C10H12ClN3/c1-3-10(2,7-12)6-8-4-5-13-9(11)14-8/h4-5H,3,6H2,1-2H3. The molecule has 1 rings (SSSR count). The molecule has 0 saturated carbocycles. The largest absolute Gasteiger partial charge is 0.227 e. The molecule has 0 aromatic carbocycles. The lowest BCUT2D eigenvalue weighted by atomic mass is 9.84. The highest BCUT2D eigenvalue weighted by atomic mass is 35.5. The van der Waals surface area contributed by atoms with Gasteiger partial charge in [0.15, 0.2) is 0 Å². The Kier molecular flexibility index (Phi) is 3.43. The lowest BCUT2D eigenvalue weighted by molar-refractivity contribution is 0.417. The van der Waals surface area contributed by atoms with Gasteiger partial charge in [-0.05, 0) is 31.0 Å². The summed E-state index contributed by atoms with van der Waals surface area (Å²) in [6.07, 6.45) is 3.02. The van der Waals surface area contributed by atoms with Crippen LogP contribution >= 0.6 is 11.6 Å². The van der Waals surface area contributed by atoms with Crippen LogP contribution in [0.1, 0.15) is 26.0 Å². The molecule has 1 aromatic heterocycles. The van der Waals surface area contributed by atoms with Crippen LogP contribution in [0.2, 0.25) is 5.28 Å². The summed E-state index contributed by atoms with van der Waals surface area (Å²) in [5.41, 5.74) is 0.452. The first-order valence-electron chi connectivity index (χ1n) is 4.48. The molecule has 3 nitrogen and oxygen atoms in total. The maximum absolute atomic E-state index is 8.99. The second-order valence-corrected chi connectivity index (χ2v) is 3.86. The van der Waals surface area contributed by atoms with Gasteiger partial charge in [0.2, 0.25) is 5.28 Å². The van der Waals surface area contributed by atoms with Gasteiger partial charge in [-0.3, -0.25) is 0 Å². The van der Waals surface area contributed by atoms with Crippen molar-refractivity contribution in [3.05, 3.63) is 23.2 Å². The van der Waals surface area contributed by atoms with Crippen molar-refractivity contribution >= 4 is 11.6 Å². The minimum absolute atomic E-state index is 0.235. The van der Waals surface area contributed by atoms with E-state index in [4.69, 9.17) is 16.9 Å². The van der Waals surface area contributed by atoms with Crippen LogP contribution in [-0.2, 0) is 6.42 Å². The fourth-order valence-electron chi connectivity index (χ4n) is 1.11. The quantitative estimate of drug-likeness (QED) is 0.719. The number of hydrogen-bond donors (Lipinski definition) is 0. The zero-order chi connectivity index (χ0) is 10.6. The Labute approximate surface area is 88.8 Å². The Morgan fingerprint density at radius 3 is 2.86 bits per heavy atom. The Hall–Kier alpha value is -1.14. The smallest absolute Gasteiger partial charge is 0.222 e. The van der Waals surface area contributed by atoms with E-state index in [0.717, 1.165) is 12.1 Å². The van der Waals surface area contributed by atoms with Gasteiger partial charge < -0.3 is 0 Å². The number of halogens is 1. The first kappa shape index (κ1) is 10.9. The summed E-state index contributed by atoms with van der Waals surface area (Å²) in [5.74, 6) is 0. The van der Waals surface area contributed by atoms with Crippen molar-refractivity contribution in [2.75, 3.05) is 0 Å². The molecular formula is C10H12ClN3. The molecule has 0 fully saturated rings. The van der Waals surface area contributed by atoms with Crippen molar-refractivity contribution in [3.63, 3.8) is 0 Å². The molecule has 74 valence electrons. The zero-order valence-electron chi connectivity index (χ0n) is 8.29. The number of rotatable bonds is 3. The molecule has 0 radical (unpaired) electrons. The molecule has 1 atom stereocenters. The van der Waals surface area contributed by atoms with Crippen LogP contribution in [-0.4, -0.2) is 9.97 Å². The second-order valence-electron chi connectivity index (χ2n) is 3.52. The monoisotopic (exact) mass is 209 g/mol. The van der Waals surface area contributed by atoms with Crippen molar-refractivity contribution in [2.45, 2.75) is 26.7 Å². The molecule has 1 unspecified atom stereocenters. The summed E-state index contributed by atoms with van der Waals surface area (Å²) >= 11 is 5.65. The third kappa shape index (κ3) is 2.68. The second kappa shape index (κ2) is 4.39. The highest BCUT2D eigenvalue weighted by molar-refractivity contribution is 6.28. The molecular weight excluding hydrogens is 198 g/mol. The van der Waals surface area contributed by atoms with E-state index in [1.54, 1.807) is 12.3 Å². The van der Waals surface area contributed by atoms with E-state index in [2.05, 4.69) is 16.0 Å². The van der Waals surface area contributed by atoms with Crippen molar-refractivity contribution < 1.29 is 0 Å². The van der Waals surface area contributed by atoms with Crippen LogP contribution in [0, 0.1) is 16.7 Å². The molecule has 0 spiro atoms. The number of aromatic nitrogens is 2. The van der Waals surface area contributed by atoms with Gasteiger partial charge in [-0.25, -0.2) is 9.97 Å².